The Hall–Kier alpha value is -3.02. The summed E-state index contributed by atoms with van der Waals surface area (Å²) in [6.45, 7) is 4.93. The van der Waals surface area contributed by atoms with E-state index in [1.165, 1.54) is 0 Å². The van der Waals surface area contributed by atoms with E-state index in [-0.39, 0.29) is 17.7 Å². The van der Waals surface area contributed by atoms with Crippen LogP contribution >= 0.6 is 0 Å². The van der Waals surface area contributed by atoms with E-state index in [1.807, 2.05) is 47.4 Å². The molecule has 1 aliphatic heterocycles. The number of methoxy groups -OCH3 is 1. The molecule has 2 aromatic carbocycles. The molecule has 1 unspecified atom stereocenters. The van der Waals surface area contributed by atoms with Crippen molar-refractivity contribution in [3.8, 4) is 11.5 Å². The van der Waals surface area contributed by atoms with Crippen molar-refractivity contribution in [2.75, 3.05) is 20.2 Å². The third kappa shape index (κ3) is 5.75. The Morgan fingerprint density at radius 1 is 1.10 bits per heavy atom. The van der Waals surface area contributed by atoms with Crippen LogP contribution in [0.25, 0.3) is 0 Å². The summed E-state index contributed by atoms with van der Waals surface area (Å²) in [7, 11) is 1.62. The van der Waals surface area contributed by atoms with Gasteiger partial charge in [-0.1, -0.05) is 38.1 Å². The molecule has 1 fully saturated rings. The van der Waals surface area contributed by atoms with E-state index < -0.39 is 5.97 Å². The summed E-state index contributed by atoms with van der Waals surface area (Å²) in [4.78, 5) is 36.5. The van der Waals surface area contributed by atoms with Gasteiger partial charge in [0.1, 0.15) is 5.75 Å². The molecule has 6 heteroatoms. The number of hydrogen-bond acceptors (Lipinski definition) is 5. The molecule has 1 aliphatic rings. The van der Waals surface area contributed by atoms with E-state index in [9.17, 15) is 9.59 Å². The lowest BCUT2D eigenvalue weighted by molar-refractivity contribution is -0.217. The standard InChI is InChI=1S/C24H29NO5/c1-17(2)24(27)30-29-22-11-5-8-19(15-22)20-9-6-12-25(16-20)23(26)14-18-7-4-10-21(13-18)28-3/h4-5,7-8,10-11,13,15,17,20H,6,9,12,14,16H2,1-3H3. The highest BCUT2D eigenvalue weighted by Gasteiger charge is 2.25. The molecule has 0 bridgehead atoms. The molecule has 160 valence electrons. The normalized spacial score (nSPS) is 16.3. The molecular formula is C24H29NO5. The molecule has 2 aromatic rings. The number of carbonyl (C=O) groups is 2. The zero-order chi connectivity index (χ0) is 21.5. The molecule has 0 saturated carbocycles. The SMILES string of the molecule is COc1cccc(CC(=O)N2CCCC(c3cccc(OOC(=O)C(C)C)c3)C2)c1. The van der Waals surface area contributed by atoms with Crippen LogP contribution in [0.15, 0.2) is 48.5 Å². The van der Waals surface area contributed by atoms with Gasteiger partial charge >= 0.3 is 5.97 Å². The maximum atomic E-state index is 12.9. The van der Waals surface area contributed by atoms with Crippen molar-refractivity contribution in [3.63, 3.8) is 0 Å². The zero-order valence-corrected chi connectivity index (χ0v) is 17.8. The van der Waals surface area contributed by atoms with Crippen molar-refractivity contribution >= 4 is 11.9 Å². The number of carbonyl (C=O) groups excluding carboxylic acids is 2. The predicted octanol–water partition coefficient (Wildman–Crippen LogP) is 4.14. The first kappa shape index (κ1) is 21.7. The lowest BCUT2D eigenvalue weighted by atomic mass is 9.90. The van der Waals surface area contributed by atoms with Gasteiger partial charge in [-0.15, -0.1) is 0 Å². The molecule has 0 aliphatic carbocycles. The summed E-state index contributed by atoms with van der Waals surface area (Å²) in [6, 6.07) is 15.2. The van der Waals surface area contributed by atoms with Crippen LogP contribution in [-0.2, 0) is 20.9 Å². The molecular weight excluding hydrogens is 382 g/mol. The Morgan fingerprint density at radius 2 is 1.87 bits per heavy atom. The van der Waals surface area contributed by atoms with Gasteiger partial charge in [-0.25, -0.2) is 4.79 Å². The smallest absolute Gasteiger partial charge is 0.357 e. The highest BCUT2D eigenvalue weighted by molar-refractivity contribution is 5.79. The van der Waals surface area contributed by atoms with Crippen LogP contribution in [-0.4, -0.2) is 37.0 Å². The molecule has 30 heavy (non-hydrogen) atoms. The molecule has 3 rings (SSSR count). The Morgan fingerprint density at radius 3 is 2.63 bits per heavy atom. The average Bonchev–Trinajstić information content (AvgIpc) is 2.77. The number of piperidine rings is 1. The van der Waals surface area contributed by atoms with Crippen molar-refractivity contribution in [3.05, 3.63) is 59.7 Å². The molecule has 0 N–H and O–H groups in total. The number of likely N-dealkylation sites (tertiary alicyclic amines) is 1. The molecule has 1 atom stereocenters. The van der Waals surface area contributed by atoms with Gasteiger partial charge in [0.15, 0.2) is 5.75 Å². The minimum Gasteiger partial charge on any atom is -0.497 e. The second-order valence-corrected chi connectivity index (χ2v) is 7.92. The Balaban J connectivity index is 1.62. The number of ether oxygens (including phenoxy) is 1. The van der Waals surface area contributed by atoms with Crippen molar-refractivity contribution in [1.29, 1.82) is 0 Å². The quantitative estimate of drug-likeness (QED) is 0.506. The van der Waals surface area contributed by atoms with Crippen LogP contribution in [0.3, 0.4) is 0 Å². The van der Waals surface area contributed by atoms with Crippen LogP contribution in [0.5, 0.6) is 11.5 Å². The molecule has 1 saturated heterocycles. The number of amides is 1. The van der Waals surface area contributed by atoms with E-state index in [0.717, 1.165) is 36.3 Å². The maximum absolute atomic E-state index is 12.9. The van der Waals surface area contributed by atoms with Crippen LogP contribution in [0.1, 0.15) is 43.7 Å². The first-order chi connectivity index (χ1) is 14.5. The first-order valence-corrected chi connectivity index (χ1v) is 10.3. The highest BCUT2D eigenvalue weighted by Crippen LogP contribution is 2.29. The summed E-state index contributed by atoms with van der Waals surface area (Å²) in [5.41, 5.74) is 2.02. The minimum absolute atomic E-state index is 0.117. The Bertz CT molecular complexity index is 879. The summed E-state index contributed by atoms with van der Waals surface area (Å²) >= 11 is 0. The third-order valence-corrected chi connectivity index (χ3v) is 5.28. The van der Waals surface area contributed by atoms with Crippen molar-refractivity contribution in [2.24, 2.45) is 5.92 Å². The molecule has 1 heterocycles. The summed E-state index contributed by atoms with van der Waals surface area (Å²) in [6.07, 6.45) is 2.30. The molecule has 6 nitrogen and oxygen atoms in total. The summed E-state index contributed by atoms with van der Waals surface area (Å²) < 4.78 is 5.25. The van der Waals surface area contributed by atoms with Gasteiger partial charge < -0.3 is 9.64 Å². The summed E-state index contributed by atoms with van der Waals surface area (Å²) in [5, 5.41) is 0. The molecule has 0 radical (unpaired) electrons. The fourth-order valence-electron chi connectivity index (χ4n) is 3.55. The van der Waals surface area contributed by atoms with Crippen molar-refractivity contribution in [1.82, 2.24) is 4.90 Å². The molecule has 1 amide bonds. The van der Waals surface area contributed by atoms with Gasteiger partial charge in [-0.3, -0.25) is 14.6 Å². The van der Waals surface area contributed by atoms with Gasteiger partial charge in [0.05, 0.1) is 19.4 Å². The largest absolute Gasteiger partial charge is 0.497 e. The van der Waals surface area contributed by atoms with Crippen LogP contribution in [0.2, 0.25) is 0 Å². The average molecular weight is 411 g/mol. The van der Waals surface area contributed by atoms with E-state index >= 15 is 0 Å². The van der Waals surface area contributed by atoms with Crippen molar-refractivity contribution in [2.45, 2.75) is 39.0 Å². The number of nitrogens with zero attached hydrogens (tertiary/aromatic N) is 1. The second kappa shape index (κ2) is 10.1. The fourth-order valence-corrected chi connectivity index (χ4v) is 3.55. The maximum Gasteiger partial charge on any atom is 0.357 e. The Kier molecular flexibility index (Phi) is 7.33. The van der Waals surface area contributed by atoms with E-state index in [4.69, 9.17) is 14.5 Å². The Labute approximate surface area is 177 Å². The third-order valence-electron chi connectivity index (χ3n) is 5.28. The second-order valence-electron chi connectivity index (χ2n) is 7.92. The van der Waals surface area contributed by atoms with E-state index in [2.05, 4.69) is 0 Å². The van der Waals surface area contributed by atoms with Gasteiger partial charge in [-0.2, -0.15) is 0 Å². The van der Waals surface area contributed by atoms with Crippen LogP contribution in [0, 0.1) is 5.92 Å². The van der Waals surface area contributed by atoms with E-state index in [0.29, 0.717) is 18.7 Å². The predicted molar refractivity (Wildman–Crippen MR) is 113 cm³/mol. The lowest BCUT2D eigenvalue weighted by Crippen LogP contribution is -2.39. The number of rotatable bonds is 7. The molecule has 0 aromatic heterocycles. The summed E-state index contributed by atoms with van der Waals surface area (Å²) in [5.74, 6) is 0.916. The first-order valence-electron chi connectivity index (χ1n) is 10.3. The number of hydrogen-bond donors (Lipinski definition) is 0. The van der Waals surface area contributed by atoms with Gasteiger partial charge in [-0.05, 0) is 48.2 Å². The molecule has 0 spiro atoms. The number of benzene rings is 2. The van der Waals surface area contributed by atoms with Crippen LogP contribution < -0.4 is 9.62 Å². The minimum atomic E-state index is -0.410. The van der Waals surface area contributed by atoms with Gasteiger partial charge in [0.25, 0.3) is 0 Å². The van der Waals surface area contributed by atoms with Gasteiger partial charge in [0, 0.05) is 19.0 Å². The fraction of sp³-hybridized carbons (Fsp3) is 0.417. The van der Waals surface area contributed by atoms with Crippen molar-refractivity contribution < 1.29 is 24.1 Å². The lowest BCUT2D eigenvalue weighted by Gasteiger charge is -2.33. The van der Waals surface area contributed by atoms with E-state index in [1.54, 1.807) is 27.0 Å². The highest BCUT2D eigenvalue weighted by atomic mass is 17.2. The van der Waals surface area contributed by atoms with Gasteiger partial charge in [0.2, 0.25) is 5.91 Å². The zero-order valence-electron chi connectivity index (χ0n) is 17.8. The monoisotopic (exact) mass is 411 g/mol. The van der Waals surface area contributed by atoms with Crippen LogP contribution in [0.4, 0.5) is 0 Å². The topological polar surface area (TPSA) is 65.1 Å².